The lowest BCUT2D eigenvalue weighted by Crippen LogP contribution is -2.69. The van der Waals surface area contributed by atoms with E-state index in [4.69, 9.17) is 11.5 Å². The topological polar surface area (TPSA) is 214 Å². The fourth-order valence-electron chi connectivity index (χ4n) is 12.0. The first-order valence-electron chi connectivity index (χ1n) is 18.7. The molecule has 0 aromatic heterocycles. The number of Topliss-reactive ketones (excluding diaryl/α,β-unsaturated/α-hetero) is 3. The minimum atomic E-state index is -1.75. The van der Waals surface area contributed by atoms with Crippen molar-refractivity contribution < 1.29 is 39.6 Å². The number of rotatable bonds is 10. The van der Waals surface area contributed by atoms with Crippen molar-refractivity contribution in [3.05, 3.63) is 65.3 Å². The zero-order valence-electron chi connectivity index (χ0n) is 31.8. The van der Waals surface area contributed by atoms with Crippen LogP contribution in [0.5, 0.6) is 0 Å². The molecule has 1 aromatic rings. The van der Waals surface area contributed by atoms with E-state index < -0.39 is 86.2 Å². The molecule has 11 nitrogen and oxygen atoms in total. The molecule has 53 heavy (non-hydrogen) atoms. The number of hydrogen-bond donors (Lipinski definition) is 6. The largest absolute Gasteiger partial charge is 0.481 e. The van der Waals surface area contributed by atoms with Crippen LogP contribution in [-0.4, -0.2) is 73.6 Å². The highest BCUT2D eigenvalue weighted by Crippen LogP contribution is 2.78. The number of benzene rings is 1. The second kappa shape index (κ2) is 12.6. The number of nitrogens with two attached hydrogens (primary N) is 2. The third-order valence-corrected chi connectivity index (χ3v) is 15.0. The Hall–Kier alpha value is -3.93. The quantitative estimate of drug-likeness (QED) is 0.0886. The maximum absolute atomic E-state index is 15.0. The first kappa shape index (κ1) is 38.8. The average molecular weight is 730 g/mol. The van der Waals surface area contributed by atoms with Crippen LogP contribution >= 0.6 is 0 Å². The number of hydrogen-bond acceptors (Lipinski definition) is 8. The zero-order valence-corrected chi connectivity index (χ0v) is 31.8. The SMILES string of the molecule is CC(C(=O)O)C(=O)C(O)C(CN=C(N)N)C(C)C1CC2(O)C=CC3(O)C4=C(C(=O)CC1(C)C42C)C1(C)CCC(=O)C(C)(C)C1C3C=Cc1ccccc1. The molecule has 0 amide bonds. The van der Waals surface area contributed by atoms with Gasteiger partial charge in [0.25, 0.3) is 0 Å². The van der Waals surface area contributed by atoms with Crippen LogP contribution in [0.3, 0.4) is 0 Å². The highest BCUT2D eigenvalue weighted by Gasteiger charge is 2.78. The summed E-state index contributed by atoms with van der Waals surface area (Å²) in [6, 6.07) is 9.69. The van der Waals surface area contributed by atoms with Crippen molar-refractivity contribution in [2.75, 3.05) is 6.54 Å². The summed E-state index contributed by atoms with van der Waals surface area (Å²) in [6.45, 7) is 12.6. The minimum Gasteiger partial charge on any atom is -0.481 e. The van der Waals surface area contributed by atoms with Crippen LogP contribution in [0.25, 0.3) is 6.08 Å². The van der Waals surface area contributed by atoms with E-state index in [9.17, 15) is 34.8 Å². The number of ketones is 3. The number of allylic oxidation sites excluding steroid dienone is 1. The molecule has 2 saturated carbocycles. The van der Waals surface area contributed by atoms with Gasteiger partial charge in [-0.25, -0.2) is 0 Å². The highest BCUT2D eigenvalue weighted by molar-refractivity contribution is 6.02. The molecule has 8 N–H and O–H groups in total. The van der Waals surface area contributed by atoms with Crippen molar-refractivity contribution in [2.45, 2.75) is 91.5 Å². The van der Waals surface area contributed by atoms with Gasteiger partial charge in [-0.15, -0.1) is 0 Å². The van der Waals surface area contributed by atoms with E-state index in [0.29, 0.717) is 17.6 Å². The summed E-state index contributed by atoms with van der Waals surface area (Å²) >= 11 is 0. The predicted molar refractivity (Wildman–Crippen MR) is 200 cm³/mol. The van der Waals surface area contributed by atoms with Crippen molar-refractivity contribution in [1.82, 2.24) is 0 Å². The molecule has 5 aliphatic carbocycles. The number of nitrogens with zero attached hydrogens (tertiary/aromatic N) is 1. The van der Waals surface area contributed by atoms with E-state index in [-0.39, 0.29) is 43.3 Å². The summed E-state index contributed by atoms with van der Waals surface area (Å²) in [5.74, 6) is -7.32. The lowest BCUT2D eigenvalue weighted by molar-refractivity contribution is -0.162. The Labute approximate surface area is 311 Å². The lowest BCUT2D eigenvalue weighted by atomic mass is 9.36. The molecule has 0 saturated heterocycles. The first-order chi connectivity index (χ1) is 24.5. The molecule has 11 heteroatoms. The van der Waals surface area contributed by atoms with E-state index in [1.807, 2.05) is 84.0 Å². The summed E-state index contributed by atoms with van der Waals surface area (Å²) in [5, 5.41) is 47.4. The number of carboxylic acid groups (broad SMARTS) is 1. The maximum atomic E-state index is 15.0. The Morgan fingerprint density at radius 1 is 1.02 bits per heavy atom. The van der Waals surface area contributed by atoms with Crippen molar-refractivity contribution >= 4 is 35.4 Å². The summed E-state index contributed by atoms with van der Waals surface area (Å²) in [4.78, 5) is 58.0. The van der Waals surface area contributed by atoms with Gasteiger partial charge in [0.15, 0.2) is 17.5 Å². The number of aliphatic carboxylic acids is 1. The zero-order chi connectivity index (χ0) is 39.3. The molecular weight excluding hydrogens is 674 g/mol. The summed E-state index contributed by atoms with van der Waals surface area (Å²) < 4.78 is 0. The lowest BCUT2D eigenvalue weighted by Gasteiger charge is -2.68. The van der Waals surface area contributed by atoms with E-state index in [1.165, 1.54) is 6.92 Å². The van der Waals surface area contributed by atoms with E-state index in [2.05, 4.69) is 4.99 Å². The molecular formula is C42H55N3O8. The monoisotopic (exact) mass is 729 g/mol. The van der Waals surface area contributed by atoms with Gasteiger partial charge in [0.05, 0.1) is 5.60 Å². The number of guanidine groups is 1. The second-order valence-corrected chi connectivity index (χ2v) is 17.8. The van der Waals surface area contributed by atoms with Crippen molar-refractivity contribution in [3.8, 4) is 0 Å². The van der Waals surface area contributed by atoms with E-state index in [1.54, 1.807) is 12.2 Å². The van der Waals surface area contributed by atoms with Gasteiger partial charge in [0, 0.05) is 53.0 Å². The molecule has 0 heterocycles. The second-order valence-electron chi connectivity index (χ2n) is 17.8. The molecule has 12 atom stereocenters. The van der Waals surface area contributed by atoms with Gasteiger partial charge in [0.1, 0.15) is 23.4 Å². The molecule has 2 fully saturated rings. The Morgan fingerprint density at radius 3 is 2.26 bits per heavy atom. The molecule has 0 spiro atoms. The van der Waals surface area contributed by atoms with Crippen molar-refractivity contribution in [2.24, 2.45) is 73.6 Å². The molecule has 1 aromatic carbocycles. The molecule has 0 radical (unpaired) electrons. The van der Waals surface area contributed by atoms with E-state index >= 15 is 4.79 Å². The number of aliphatic hydroxyl groups is 3. The minimum absolute atomic E-state index is 0.00929. The first-order valence-corrected chi connectivity index (χ1v) is 18.7. The van der Waals surface area contributed by atoms with Crippen molar-refractivity contribution in [3.63, 3.8) is 0 Å². The molecule has 12 unspecified atom stereocenters. The third kappa shape index (κ3) is 5.28. The van der Waals surface area contributed by atoms with Crippen molar-refractivity contribution in [1.29, 1.82) is 0 Å². The number of fused-ring (bicyclic) bond motifs is 2. The van der Waals surface area contributed by atoms with Crippen LogP contribution in [-0.2, 0) is 19.2 Å². The fraction of sp³-hybridized carbons (Fsp3) is 0.595. The molecule has 0 aliphatic heterocycles. The summed E-state index contributed by atoms with van der Waals surface area (Å²) in [7, 11) is 0. The maximum Gasteiger partial charge on any atom is 0.313 e. The molecule has 5 aliphatic rings. The standard InChI is InChI=1S/C42H55N3O8/c1-22(25(21-45-36(43)44)32(49)31(48)23(2)35(50)51)27-19-41(52)17-18-42(53)26(14-13-24-11-9-8-10-12-24)33-37(3,4)29(47)15-16-38(33,5)30-28(46)20-39(27,6)40(41,7)34(30)42/h8-14,17-18,22-23,25-27,32-33,49,52-53H,15-16,19-21H2,1-7H3,(H,50,51)(H4,43,44,45). The number of carbonyl (C=O) groups excluding carboxylic acids is 3. The van der Waals surface area contributed by atoms with Crippen LogP contribution in [0.2, 0.25) is 0 Å². The normalized spacial score (nSPS) is 39.2. The van der Waals surface area contributed by atoms with Crippen LogP contribution in [0.1, 0.15) is 79.7 Å². The van der Waals surface area contributed by atoms with Gasteiger partial charge >= 0.3 is 5.97 Å². The molecule has 6 rings (SSSR count). The Kier molecular flexibility index (Phi) is 9.19. The van der Waals surface area contributed by atoms with Gasteiger partial charge in [-0.1, -0.05) is 90.1 Å². The van der Waals surface area contributed by atoms with Gasteiger partial charge in [-0.3, -0.25) is 24.2 Å². The summed E-state index contributed by atoms with van der Waals surface area (Å²) in [5.41, 5.74) is 6.01. The molecule has 0 bridgehead atoms. The third-order valence-electron chi connectivity index (χ3n) is 15.0. The number of aliphatic hydroxyl groups excluding tert-OH is 1. The summed E-state index contributed by atoms with van der Waals surface area (Å²) in [6.07, 6.45) is 6.30. The van der Waals surface area contributed by atoms with Crippen LogP contribution in [0.15, 0.2) is 64.7 Å². The molecule has 286 valence electrons. The highest BCUT2D eigenvalue weighted by atomic mass is 16.4. The Balaban J connectivity index is 1.56. The predicted octanol–water partition coefficient (Wildman–Crippen LogP) is 3.85. The number of aliphatic imine (C=N–C) groups is 1. The van der Waals surface area contributed by atoms with Gasteiger partial charge in [0.2, 0.25) is 0 Å². The Morgan fingerprint density at radius 2 is 1.66 bits per heavy atom. The van der Waals surface area contributed by atoms with E-state index in [0.717, 1.165) is 5.56 Å². The number of carbonyl (C=O) groups is 4. The smallest absolute Gasteiger partial charge is 0.313 e. The van der Waals surface area contributed by atoms with Crippen LogP contribution in [0.4, 0.5) is 0 Å². The van der Waals surface area contributed by atoms with Crippen LogP contribution < -0.4 is 11.5 Å². The number of carboxylic acids is 1. The Bertz CT molecular complexity index is 1860. The van der Waals surface area contributed by atoms with Gasteiger partial charge in [-0.2, -0.15) is 0 Å². The van der Waals surface area contributed by atoms with Gasteiger partial charge < -0.3 is 31.9 Å². The van der Waals surface area contributed by atoms with Gasteiger partial charge in [-0.05, 0) is 60.1 Å². The van der Waals surface area contributed by atoms with Crippen LogP contribution in [0, 0.1) is 57.2 Å². The fourth-order valence-corrected chi connectivity index (χ4v) is 12.0. The average Bonchev–Trinajstić information content (AvgIpc) is 3.27.